The standard InChI is InChI=1S/C29H32F2N2O4/c1-2-19-4-3-5-20(12-19)17-32-18-28(36)26(15-21-13-23(30)16-24(31)14-21)33-29(37)11-10-27(35)22-6-8-25(34)9-7-22/h3-9,12-14,16,26,28,32,34,36H,2,10-11,15,17-18H2,1H3,(H,33,37)/t26-,28-/m0/s1. The molecule has 6 nitrogen and oxygen atoms in total. The second-order valence-electron chi connectivity index (χ2n) is 9.00. The predicted molar refractivity (Wildman–Crippen MR) is 137 cm³/mol. The fourth-order valence-electron chi connectivity index (χ4n) is 4.03. The van der Waals surface area contributed by atoms with Gasteiger partial charge in [-0.3, -0.25) is 9.59 Å². The molecule has 0 saturated carbocycles. The van der Waals surface area contributed by atoms with Gasteiger partial charge < -0.3 is 20.8 Å². The van der Waals surface area contributed by atoms with Crippen LogP contribution in [0.4, 0.5) is 8.78 Å². The maximum atomic E-state index is 13.7. The molecule has 0 fully saturated rings. The number of nitrogens with one attached hydrogen (secondary N) is 2. The maximum Gasteiger partial charge on any atom is 0.220 e. The lowest BCUT2D eigenvalue weighted by atomic mass is 10.00. The number of aryl methyl sites for hydroxylation is 1. The molecule has 3 rings (SSSR count). The first-order chi connectivity index (χ1) is 17.7. The van der Waals surface area contributed by atoms with Gasteiger partial charge in [-0.25, -0.2) is 8.78 Å². The van der Waals surface area contributed by atoms with E-state index in [0.29, 0.717) is 12.1 Å². The number of phenolic OH excluding ortho intramolecular Hbond substituents is 1. The van der Waals surface area contributed by atoms with Crippen LogP contribution < -0.4 is 10.6 Å². The number of amides is 1. The first kappa shape index (κ1) is 28.0. The number of aliphatic hydroxyl groups is 1. The van der Waals surface area contributed by atoms with E-state index in [0.717, 1.165) is 30.2 Å². The van der Waals surface area contributed by atoms with Gasteiger partial charge in [0.25, 0.3) is 0 Å². The molecule has 0 aromatic heterocycles. The molecule has 4 N–H and O–H groups in total. The Balaban J connectivity index is 1.62. The van der Waals surface area contributed by atoms with E-state index < -0.39 is 29.7 Å². The van der Waals surface area contributed by atoms with Gasteiger partial charge in [0.2, 0.25) is 5.91 Å². The Bertz CT molecular complexity index is 1180. The summed E-state index contributed by atoms with van der Waals surface area (Å²) in [5.41, 5.74) is 2.90. The third-order valence-corrected chi connectivity index (χ3v) is 6.04. The minimum atomic E-state index is -1.06. The number of rotatable bonds is 13. The number of aliphatic hydroxyl groups excluding tert-OH is 1. The number of benzene rings is 3. The third kappa shape index (κ3) is 9.08. The van der Waals surface area contributed by atoms with Crippen molar-refractivity contribution in [1.82, 2.24) is 10.6 Å². The molecule has 0 heterocycles. The summed E-state index contributed by atoms with van der Waals surface area (Å²) in [5.74, 6) is -2.20. The number of carbonyl (C=O) groups is 2. The molecule has 3 aromatic carbocycles. The number of carbonyl (C=O) groups excluding carboxylic acids is 2. The van der Waals surface area contributed by atoms with Gasteiger partial charge in [0.05, 0.1) is 12.1 Å². The molecule has 3 aromatic rings. The van der Waals surface area contributed by atoms with Crippen molar-refractivity contribution in [1.29, 1.82) is 0 Å². The van der Waals surface area contributed by atoms with Gasteiger partial charge in [0.15, 0.2) is 5.78 Å². The molecule has 0 unspecified atom stereocenters. The van der Waals surface area contributed by atoms with Gasteiger partial charge in [0, 0.05) is 37.6 Å². The lowest BCUT2D eigenvalue weighted by Gasteiger charge is -2.25. The Kier molecular flexibility index (Phi) is 10.3. The van der Waals surface area contributed by atoms with E-state index in [9.17, 15) is 28.6 Å². The Morgan fingerprint density at radius 1 is 0.892 bits per heavy atom. The third-order valence-electron chi connectivity index (χ3n) is 6.04. The quantitative estimate of drug-likeness (QED) is 0.260. The number of halogens is 2. The number of phenols is 1. The van der Waals surface area contributed by atoms with E-state index in [-0.39, 0.29) is 42.9 Å². The van der Waals surface area contributed by atoms with Gasteiger partial charge in [-0.1, -0.05) is 31.2 Å². The predicted octanol–water partition coefficient (Wildman–Crippen LogP) is 4.07. The van der Waals surface area contributed by atoms with Gasteiger partial charge in [-0.15, -0.1) is 0 Å². The maximum absolute atomic E-state index is 13.7. The molecule has 0 aliphatic rings. The smallest absolute Gasteiger partial charge is 0.220 e. The van der Waals surface area contributed by atoms with Crippen LogP contribution in [0.2, 0.25) is 0 Å². The monoisotopic (exact) mass is 510 g/mol. The van der Waals surface area contributed by atoms with Crippen molar-refractivity contribution >= 4 is 11.7 Å². The number of Topliss-reactive ketones (excluding diaryl/α,β-unsaturated/α-hetero) is 1. The molecule has 8 heteroatoms. The Hall–Kier alpha value is -3.62. The molecule has 1 amide bonds. The molecule has 0 aliphatic carbocycles. The normalized spacial score (nSPS) is 12.6. The summed E-state index contributed by atoms with van der Waals surface area (Å²) in [6, 6.07) is 16.0. The molecular weight excluding hydrogens is 478 g/mol. The molecule has 37 heavy (non-hydrogen) atoms. The lowest BCUT2D eigenvalue weighted by Crippen LogP contribution is -2.48. The fraction of sp³-hybridized carbons (Fsp3) is 0.310. The SMILES string of the molecule is CCc1cccc(CNC[C@H](O)[C@H](Cc2cc(F)cc(F)c2)NC(=O)CCC(=O)c2ccc(O)cc2)c1. The van der Waals surface area contributed by atoms with Gasteiger partial charge in [-0.2, -0.15) is 0 Å². The first-order valence-electron chi connectivity index (χ1n) is 12.3. The van der Waals surface area contributed by atoms with Crippen molar-refractivity contribution < 1.29 is 28.6 Å². The van der Waals surface area contributed by atoms with Crippen LogP contribution in [0.15, 0.2) is 66.7 Å². The Morgan fingerprint density at radius 3 is 2.24 bits per heavy atom. The average Bonchev–Trinajstić information content (AvgIpc) is 2.86. The highest BCUT2D eigenvalue weighted by atomic mass is 19.1. The molecule has 0 radical (unpaired) electrons. The molecule has 0 bridgehead atoms. The molecule has 2 atom stereocenters. The van der Waals surface area contributed by atoms with Crippen molar-refractivity contribution in [2.45, 2.75) is 51.3 Å². The number of aromatic hydroxyl groups is 1. The zero-order valence-corrected chi connectivity index (χ0v) is 20.7. The minimum absolute atomic E-state index is 0.000491. The van der Waals surface area contributed by atoms with Crippen LogP contribution in [0, 0.1) is 11.6 Å². The molecule has 196 valence electrons. The summed E-state index contributed by atoms with van der Waals surface area (Å²) in [7, 11) is 0. The molecular formula is C29H32F2N2O4. The van der Waals surface area contributed by atoms with Crippen LogP contribution in [0.1, 0.15) is 46.8 Å². The van der Waals surface area contributed by atoms with Crippen molar-refractivity contribution in [3.05, 3.63) is 101 Å². The largest absolute Gasteiger partial charge is 0.508 e. The lowest BCUT2D eigenvalue weighted by molar-refractivity contribution is -0.122. The summed E-state index contributed by atoms with van der Waals surface area (Å²) in [6.45, 7) is 2.70. The highest BCUT2D eigenvalue weighted by Crippen LogP contribution is 2.14. The summed E-state index contributed by atoms with van der Waals surface area (Å²) >= 11 is 0. The summed E-state index contributed by atoms with van der Waals surface area (Å²) in [6.07, 6.45) is -0.347. The Morgan fingerprint density at radius 2 is 1.57 bits per heavy atom. The van der Waals surface area contributed by atoms with Crippen LogP contribution >= 0.6 is 0 Å². The van der Waals surface area contributed by atoms with Gasteiger partial charge in [0.1, 0.15) is 17.4 Å². The molecule has 0 aliphatic heterocycles. The van der Waals surface area contributed by atoms with Gasteiger partial charge in [-0.05, 0) is 65.9 Å². The second kappa shape index (κ2) is 13.6. The topological polar surface area (TPSA) is 98.7 Å². The molecule has 0 saturated heterocycles. The van der Waals surface area contributed by atoms with E-state index >= 15 is 0 Å². The average molecular weight is 511 g/mol. The van der Waals surface area contributed by atoms with E-state index in [1.807, 2.05) is 18.2 Å². The number of hydrogen-bond acceptors (Lipinski definition) is 5. The van der Waals surface area contributed by atoms with Gasteiger partial charge >= 0.3 is 0 Å². The summed E-state index contributed by atoms with van der Waals surface area (Å²) in [5, 5.41) is 26.1. The van der Waals surface area contributed by atoms with Crippen molar-refractivity contribution in [2.75, 3.05) is 6.54 Å². The van der Waals surface area contributed by atoms with E-state index in [4.69, 9.17) is 0 Å². The van der Waals surface area contributed by atoms with E-state index in [1.54, 1.807) is 0 Å². The highest BCUT2D eigenvalue weighted by Gasteiger charge is 2.23. The number of hydrogen-bond donors (Lipinski definition) is 4. The Labute approximate surface area is 215 Å². The zero-order valence-electron chi connectivity index (χ0n) is 20.7. The first-order valence-corrected chi connectivity index (χ1v) is 12.3. The van der Waals surface area contributed by atoms with Crippen LogP contribution in [0.25, 0.3) is 0 Å². The number of ketones is 1. The zero-order chi connectivity index (χ0) is 26.8. The van der Waals surface area contributed by atoms with Crippen molar-refractivity contribution in [2.24, 2.45) is 0 Å². The van der Waals surface area contributed by atoms with Crippen LogP contribution in [0.3, 0.4) is 0 Å². The summed E-state index contributed by atoms with van der Waals surface area (Å²) < 4.78 is 27.5. The molecule has 0 spiro atoms. The second-order valence-corrected chi connectivity index (χ2v) is 9.00. The minimum Gasteiger partial charge on any atom is -0.508 e. The van der Waals surface area contributed by atoms with E-state index in [2.05, 4.69) is 23.6 Å². The van der Waals surface area contributed by atoms with Crippen LogP contribution in [-0.2, 0) is 24.2 Å². The van der Waals surface area contributed by atoms with Crippen molar-refractivity contribution in [3.8, 4) is 5.75 Å². The highest BCUT2D eigenvalue weighted by molar-refractivity contribution is 5.98. The van der Waals surface area contributed by atoms with Crippen molar-refractivity contribution in [3.63, 3.8) is 0 Å². The summed E-state index contributed by atoms with van der Waals surface area (Å²) in [4.78, 5) is 25.0. The fourth-order valence-corrected chi connectivity index (χ4v) is 4.03. The van der Waals surface area contributed by atoms with Crippen LogP contribution in [-0.4, -0.2) is 40.6 Å². The van der Waals surface area contributed by atoms with Crippen LogP contribution in [0.5, 0.6) is 5.75 Å². The van der Waals surface area contributed by atoms with E-state index in [1.165, 1.54) is 29.8 Å².